The molecule has 1 N–H and O–H groups in total. The topological polar surface area (TPSA) is 92.1 Å². The van der Waals surface area contributed by atoms with Crippen LogP contribution in [0.2, 0.25) is 0 Å². The Kier molecular flexibility index (Phi) is 5.37. The van der Waals surface area contributed by atoms with Crippen molar-refractivity contribution in [2.24, 2.45) is 0 Å². The van der Waals surface area contributed by atoms with E-state index in [9.17, 15) is 18.0 Å². The summed E-state index contributed by atoms with van der Waals surface area (Å²) in [6.45, 7) is 3.12. The number of carbonyl (C=O) groups is 1. The van der Waals surface area contributed by atoms with Gasteiger partial charge in [-0.25, -0.2) is 4.98 Å². The largest absolute Gasteiger partial charge is 0.435 e. The summed E-state index contributed by atoms with van der Waals surface area (Å²) in [6.07, 6.45) is 0.120. The molecule has 1 amide bonds. The van der Waals surface area contributed by atoms with Crippen LogP contribution in [0.25, 0.3) is 0 Å². The fourth-order valence-corrected chi connectivity index (χ4v) is 4.18. The summed E-state index contributed by atoms with van der Waals surface area (Å²) in [5.41, 5.74) is 2.20. The lowest BCUT2D eigenvalue weighted by molar-refractivity contribution is -0.141. The number of amides is 1. The standard InChI is InChI=1S/C22H23F3N8O/c1-13-20(34)33-8-3-4-16-18(33)19(31(13)2)29-21(28-16)27-11-14-5-6-15(26-10-14)12-32-9-7-17(30-32)22(23,24)25/h5-7,9-10,13H,3-4,8,11-12H2,1-2H3,(H,27,28,29)/t13-/m0/s1. The Labute approximate surface area is 193 Å². The smallest absolute Gasteiger partial charge is 0.350 e. The molecule has 0 saturated carbocycles. The van der Waals surface area contributed by atoms with Crippen LogP contribution in [-0.4, -0.2) is 50.3 Å². The van der Waals surface area contributed by atoms with E-state index in [1.807, 2.05) is 24.9 Å². The van der Waals surface area contributed by atoms with Crippen LogP contribution in [-0.2, 0) is 30.5 Å². The van der Waals surface area contributed by atoms with Crippen LogP contribution in [0.5, 0.6) is 0 Å². The highest BCUT2D eigenvalue weighted by Crippen LogP contribution is 2.39. The molecule has 12 heteroatoms. The molecule has 0 aliphatic carbocycles. The van der Waals surface area contributed by atoms with Gasteiger partial charge < -0.3 is 15.1 Å². The number of nitrogens with zero attached hydrogens (tertiary/aromatic N) is 7. The second-order valence-electron chi connectivity index (χ2n) is 8.45. The van der Waals surface area contributed by atoms with Crippen LogP contribution < -0.4 is 15.1 Å². The van der Waals surface area contributed by atoms with Gasteiger partial charge in [-0.2, -0.15) is 23.3 Å². The first-order valence-corrected chi connectivity index (χ1v) is 10.9. The summed E-state index contributed by atoms with van der Waals surface area (Å²) >= 11 is 0. The summed E-state index contributed by atoms with van der Waals surface area (Å²) in [7, 11) is 1.86. The van der Waals surface area contributed by atoms with E-state index in [1.54, 1.807) is 17.2 Å². The van der Waals surface area contributed by atoms with Gasteiger partial charge in [-0.15, -0.1) is 0 Å². The molecule has 2 aliphatic heterocycles. The second kappa shape index (κ2) is 8.26. The van der Waals surface area contributed by atoms with Crippen molar-refractivity contribution in [2.45, 2.75) is 45.1 Å². The van der Waals surface area contributed by atoms with E-state index in [-0.39, 0.29) is 18.5 Å². The number of anilines is 3. The average molecular weight is 472 g/mol. The molecule has 0 bridgehead atoms. The molecule has 1 atom stereocenters. The Hall–Kier alpha value is -3.70. The Balaban J connectivity index is 1.28. The molecule has 9 nitrogen and oxygen atoms in total. The molecule has 5 rings (SSSR count). The van der Waals surface area contributed by atoms with E-state index in [0.29, 0.717) is 24.7 Å². The highest BCUT2D eigenvalue weighted by molar-refractivity contribution is 6.05. The molecular formula is C22H23F3N8O. The van der Waals surface area contributed by atoms with Crippen molar-refractivity contribution in [1.82, 2.24) is 24.7 Å². The molecule has 0 saturated heterocycles. The van der Waals surface area contributed by atoms with Crippen LogP contribution in [0.15, 0.2) is 30.6 Å². The predicted molar refractivity (Wildman–Crippen MR) is 118 cm³/mol. The third kappa shape index (κ3) is 4.03. The Morgan fingerprint density at radius 2 is 2.03 bits per heavy atom. The lowest BCUT2D eigenvalue weighted by Crippen LogP contribution is -2.53. The number of likely N-dealkylation sites (N-methyl/N-ethyl adjacent to an activating group) is 1. The minimum atomic E-state index is -4.47. The van der Waals surface area contributed by atoms with Crippen molar-refractivity contribution in [3.05, 3.63) is 53.2 Å². The Morgan fingerprint density at radius 1 is 1.21 bits per heavy atom. The lowest BCUT2D eigenvalue weighted by atomic mass is 10.0. The second-order valence-corrected chi connectivity index (χ2v) is 8.45. The van der Waals surface area contributed by atoms with Gasteiger partial charge in [0.15, 0.2) is 11.5 Å². The quantitative estimate of drug-likeness (QED) is 0.611. The molecular weight excluding hydrogens is 449 g/mol. The van der Waals surface area contributed by atoms with Crippen LogP contribution in [0.3, 0.4) is 0 Å². The van der Waals surface area contributed by atoms with E-state index in [2.05, 4.69) is 25.4 Å². The normalized spacial score (nSPS) is 17.7. The molecule has 5 heterocycles. The zero-order chi connectivity index (χ0) is 24.0. The number of halogens is 3. The average Bonchev–Trinajstić information content (AvgIpc) is 3.29. The molecule has 3 aromatic rings. The molecule has 0 fully saturated rings. The summed E-state index contributed by atoms with van der Waals surface area (Å²) in [4.78, 5) is 30.0. The highest BCUT2D eigenvalue weighted by Gasteiger charge is 2.38. The van der Waals surface area contributed by atoms with Crippen molar-refractivity contribution in [3.63, 3.8) is 0 Å². The number of aryl methyl sites for hydroxylation is 1. The van der Waals surface area contributed by atoms with Gasteiger partial charge in [0.25, 0.3) is 0 Å². The van der Waals surface area contributed by atoms with Crippen molar-refractivity contribution in [2.75, 3.05) is 28.7 Å². The molecule has 0 unspecified atom stereocenters. The zero-order valence-electron chi connectivity index (χ0n) is 18.7. The summed E-state index contributed by atoms with van der Waals surface area (Å²) < 4.78 is 39.3. The summed E-state index contributed by atoms with van der Waals surface area (Å²) in [6, 6.07) is 4.25. The van der Waals surface area contributed by atoms with E-state index < -0.39 is 11.9 Å². The van der Waals surface area contributed by atoms with Crippen molar-refractivity contribution < 1.29 is 18.0 Å². The maximum absolute atomic E-state index is 12.7. The maximum atomic E-state index is 12.7. The summed E-state index contributed by atoms with van der Waals surface area (Å²) in [5.74, 6) is 1.28. The van der Waals surface area contributed by atoms with Crippen molar-refractivity contribution in [3.8, 4) is 0 Å². The monoisotopic (exact) mass is 472 g/mol. The van der Waals surface area contributed by atoms with Gasteiger partial charge >= 0.3 is 6.18 Å². The minimum Gasteiger partial charge on any atom is -0.350 e. The van der Waals surface area contributed by atoms with Crippen LogP contribution in [0, 0.1) is 0 Å². The van der Waals surface area contributed by atoms with Crippen LogP contribution in [0.1, 0.15) is 36.0 Å². The van der Waals surface area contributed by atoms with Gasteiger partial charge in [0.1, 0.15) is 11.7 Å². The zero-order valence-corrected chi connectivity index (χ0v) is 18.7. The van der Waals surface area contributed by atoms with E-state index in [0.717, 1.165) is 41.7 Å². The molecule has 2 aliphatic rings. The van der Waals surface area contributed by atoms with Crippen LogP contribution in [0.4, 0.5) is 30.6 Å². The SMILES string of the molecule is C[C@H]1C(=O)N2CCCc3nc(NCc4ccc(Cn5ccc(C(F)(F)F)n5)nc4)nc(c32)N1C. The number of rotatable bonds is 5. The first kappa shape index (κ1) is 22.1. The van der Waals surface area contributed by atoms with Gasteiger partial charge in [0.2, 0.25) is 11.9 Å². The molecule has 0 spiro atoms. The fourth-order valence-electron chi connectivity index (χ4n) is 4.18. The molecule has 178 valence electrons. The van der Waals surface area contributed by atoms with E-state index >= 15 is 0 Å². The first-order valence-electron chi connectivity index (χ1n) is 10.9. The number of pyridine rings is 1. The number of hydrogen-bond acceptors (Lipinski definition) is 7. The van der Waals surface area contributed by atoms with Gasteiger partial charge in [-0.1, -0.05) is 6.07 Å². The lowest BCUT2D eigenvalue weighted by Gasteiger charge is -2.41. The van der Waals surface area contributed by atoms with Gasteiger partial charge in [0, 0.05) is 32.5 Å². The third-order valence-corrected chi connectivity index (χ3v) is 6.13. The van der Waals surface area contributed by atoms with Gasteiger partial charge in [-0.05, 0) is 37.5 Å². The highest BCUT2D eigenvalue weighted by atomic mass is 19.4. The number of alkyl halides is 3. The van der Waals surface area contributed by atoms with Gasteiger partial charge in [-0.3, -0.25) is 14.5 Å². The van der Waals surface area contributed by atoms with Crippen LogP contribution >= 0.6 is 0 Å². The van der Waals surface area contributed by atoms with E-state index in [4.69, 9.17) is 0 Å². The van der Waals surface area contributed by atoms with Gasteiger partial charge in [0.05, 0.1) is 17.9 Å². The fraction of sp³-hybridized carbons (Fsp3) is 0.409. The number of aromatic nitrogens is 5. The van der Waals surface area contributed by atoms with Crippen molar-refractivity contribution in [1.29, 1.82) is 0 Å². The van der Waals surface area contributed by atoms with Crippen molar-refractivity contribution >= 4 is 23.4 Å². The molecule has 3 aromatic heterocycles. The number of carbonyl (C=O) groups excluding carboxylic acids is 1. The maximum Gasteiger partial charge on any atom is 0.435 e. The predicted octanol–water partition coefficient (Wildman–Crippen LogP) is 2.86. The number of hydrogen-bond donors (Lipinski definition) is 1. The molecule has 0 radical (unpaired) electrons. The van der Waals surface area contributed by atoms with E-state index in [1.165, 1.54) is 10.9 Å². The Bertz CT molecular complexity index is 1220. The first-order chi connectivity index (χ1) is 16.2. The number of nitrogens with one attached hydrogen (secondary N) is 1. The minimum absolute atomic E-state index is 0.0659. The third-order valence-electron chi connectivity index (χ3n) is 6.13. The Morgan fingerprint density at radius 3 is 2.74 bits per heavy atom. The molecule has 0 aromatic carbocycles. The molecule has 34 heavy (non-hydrogen) atoms. The summed E-state index contributed by atoms with van der Waals surface area (Å²) in [5, 5.41) is 6.77.